The van der Waals surface area contributed by atoms with Crippen LogP contribution in [-0.4, -0.2) is 37.1 Å². The van der Waals surface area contributed by atoms with Crippen molar-refractivity contribution in [3.8, 4) is 0 Å². The number of hydrogen-bond acceptors (Lipinski definition) is 3. The van der Waals surface area contributed by atoms with Crippen molar-refractivity contribution in [3.63, 3.8) is 0 Å². The van der Waals surface area contributed by atoms with Crippen LogP contribution < -0.4 is 9.80 Å². The monoisotopic (exact) mass is 358 g/mol. The van der Waals surface area contributed by atoms with Gasteiger partial charge in [-0.05, 0) is 49.0 Å². The maximum atomic E-state index is 12.3. The van der Waals surface area contributed by atoms with Gasteiger partial charge in [-0.2, -0.15) is 0 Å². The molecule has 2 aromatic carbocycles. The number of nitrogens with zero attached hydrogens (tertiary/aromatic N) is 2. The molecule has 2 aromatic rings. The van der Waals surface area contributed by atoms with Crippen molar-refractivity contribution in [3.05, 3.63) is 60.2 Å². The predicted octanol–water partition coefficient (Wildman–Crippen LogP) is 2.77. The Labute approximate surface area is 147 Å². The molecule has 4 nitrogen and oxygen atoms in total. The highest BCUT2D eigenvalue weighted by molar-refractivity contribution is 7.91. The van der Waals surface area contributed by atoms with Crippen molar-refractivity contribution in [1.82, 2.24) is 0 Å². The lowest BCUT2D eigenvalue weighted by atomic mass is 10.1. The SMILES string of the molecule is Cc1cccc(N2C(=S)N(c3ccccc3)[C@H]3CS(=O)(=O)C[C@@H]32)c1. The summed E-state index contributed by atoms with van der Waals surface area (Å²) in [6.45, 7) is 2.03. The second-order valence-corrected chi connectivity index (χ2v) is 8.93. The molecule has 2 aliphatic heterocycles. The lowest BCUT2D eigenvalue weighted by Crippen LogP contribution is -2.37. The molecule has 2 aliphatic rings. The molecular weight excluding hydrogens is 340 g/mol. The zero-order chi connectivity index (χ0) is 16.9. The summed E-state index contributed by atoms with van der Waals surface area (Å²) >= 11 is 5.76. The molecule has 0 radical (unpaired) electrons. The van der Waals surface area contributed by atoms with Crippen LogP contribution >= 0.6 is 12.2 Å². The van der Waals surface area contributed by atoms with Gasteiger partial charge in [-0.15, -0.1) is 0 Å². The first-order valence-corrected chi connectivity index (χ1v) is 10.1. The van der Waals surface area contributed by atoms with E-state index in [1.807, 2.05) is 65.3 Å². The summed E-state index contributed by atoms with van der Waals surface area (Å²) in [5, 5.41) is 0.678. The average Bonchev–Trinajstić information content (AvgIpc) is 2.96. The standard InChI is InChI=1S/C18H18N2O2S2/c1-13-6-5-9-15(10-13)20-17-12-24(21,22)11-16(17)19(18(20)23)14-7-3-2-4-8-14/h2-10,16-17H,11-12H2,1H3/t16-,17-/m0/s1. The molecule has 0 aliphatic carbocycles. The summed E-state index contributed by atoms with van der Waals surface area (Å²) in [6, 6.07) is 17.6. The number of thiocarbonyl (C=S) groups is 1. The van der Waals surface area contributed by atoms with E-state index in [9.17, 15) is 8.42 Å². The number of fused-ring (bicyclic) bond motifs is 1. The van der Waals surface area contributed by atoms with E-state index in [1.54, 1.807) is 0 Å². The Morgan fingerprint density at radius 3 is 2.12 bits per heavy atom. The van der Waals surface area contributed by atoms with E-state index in [0.717, 1.165) is 16.9 Å². The smallest absolute Gasteiger partial charge is 0.181 e. The number of para-hydroxylation sites is 1. The molecule has 0 bridgehead atoms. The fourth-order valence-electron chi connectivity index (χ4n) is 3.67. The lowest BCUT2D eigenvalue weighted by molar-refractivity contribution is 0.601. The van der Waals surface area contributed by atoms with Crippen LogP contribution in [0.3, 0.4) is 0 Å². The van der Waals surface area contributed by atoms with Crippen LogP contribution in [0.4, 0.5) is 11.4 Å². The van der Waals surface area contributed by atoms with Crippen LogP contribution in [0.15, 0.2) is 54.6 Å². The Morgan fingerprint density at radius 2 is 1.50 bits per heavy atom. The minimum absolute atomic E-state index is 0.134. The molecule has 6 heteroatoms. The van der Waals surface area contributed by atoms with Gasteiger partial charge in [0.1, 0.15) is 0 Å². The van der Waals surface area contributed by atoms with E-state index in [1.165, 1.54) is 0 Å². The quantitative estimate of drug-likeness (QED) is 0.772. The Morgan fingerprint density at radius 1 is 0.917 bits per heavy atom. The first-order valence-electron chi connectivity index (χ1n) is 7.91. The number of hydrogen-bond donors (Lipinski definition) is 0. The fraction of sp³-hybridized carbons (Fsp3) is 0.278. The van der Waals surface area contributed by atoms with Gasteiger partial charge in [0.2, 0.25) is 0 Å². The topological polar surface area (TPSA) is 40.6 Å². The summed E-state index contributed by atoms with van der Waals surface area (Å²) < 4.78 is 24.5. The average molecular weight is 358 g/mol. The van der Waals surface area contributed by atoms with Gasteiger partial charge in [0.05, 0.1) is 23.6 Å². The number of rotatable bonds is 2. The van der Waals surface area contributed by atoms with Crippen molar-refractivity contribution >= 4 is 38.5 Å². The molecule has 0 amide bonds. The third kappa shape index (κ3) is 2.50. The number of aryl methyl sites for hydroxylation is 1. The Kier molecular flexibility index (Phi) is 3.62. The van der Waals surface area contributed by atoms with Gasteiger partial charge in [0.15, 0.2) is 14.9 Å². The van der Waals surface area contributed by atoms with E-state index in [4.69, 9.17) is 12.2 Å². The molecule has 2 saturated heterocycles. The number of sulfone groups is 1. The minimum atomic E-state index is -3.06. The molecule has 0 aromatic heterocycles. The van der Waals surface area contributed by atoms with Crippen LogP contribution in [0.2, 0.25) is 0 Å². The molecule has 2 atom stereocenters. The number of anilines is 2. The largest absolute Gasteiger partial charge is 0.312 e. The molecular formula is C18H18N2O2S2. The second kappa shape index (κ2) is 5.57. The van der Waals surface area contributed by atoms with Crippen LogP contribution in [0.1, 0.15) is 5.56 Å². The van der Waals surface area contributed by atoms with Gasteiger partial charge in [0, 0.05) is 11.4 Å². The normalized spacial score (nSPS) is 25.1. The summed E-state index contributed by atoms with van der Waals surface area (Å²) in [6.07, 6.45) is 0. The lowest BCUT2D eigenvalue weighted by Gasteiger charge is -2.26. The van der Waals surface area contributed by atoms with Crippen LogP contribution in [-0.2, 0) is 9.84 Å². The summed E-state index contributed by atoms with van der Waals surface area (Å²) in [5.74, 6) is 0.296. The van der Waals surface area contributed by atoms with Gasteiger partial charge in [-0.3, -0.25) is 0 Å². The third-order valence-electron chi connectivity index (χ3n) is 4.68. The van der Waals surface area contributed by atoms with E-state index >= 15 is 0 Å². The third-order valence-corrected chi connectivity index (χ3v) is 6.78. The zero-order valence-corrected chi connectivity index (χ0v) is 14.9. The van der Waals surface area contributed by atoms with Gasteiger partial charge >= 0.3 is 0 Å². The second-order valence-electron chi connectivity index (χ2n) is 6.41. The van der Waals surface area contributed by atoms with E-state index < -0.39 is 9.84 Å². The Hall–Kier alpha value is -1.92. The fourth-order valence-corrected chi connectivity index (χ4v) is 6.07. The van der Waals surface area contributed by atoms with Gasteiger partial charge in [-0.1, -0.05) is 30.3 Å². The van der Waals surface area contributed by atoms with Gasteiger partial charge < -0.3 is 9.80 Å². The van der Waals surface area contributed by atoms with Crippen molar-refractivity contribution in [2.24, 2.45) is 0 Å². The predicted molar refractivity (Wildman–Crippen MR) is 101 cm³/mol. The van der Waals surface area contributed by atoms with Crippen LogP contribution in [0.5, 0.6) is 0 Å². The molecule has 24 heavy (non-hydrogen) atoms. The molecule has 0 unspecified atom stereocenters. The molecule has 0 spiro atoms. The van der Waals surface area contributed by atoms with E-state index in [2.05, 4.69) is 6.07 Å². The van der Waals surface area contributed by atoms with Crippen molar-refractivity contribution in [1.29, 1.82) is 0 Å². The molecule has 0 saturated carbocycles. The van der Waals surface area contributed by atoms with E-state index in [0.29, 0.717) is 5.11 Å². The minimum Gasteiger partial charge on any atom is -0.312 e. The molecule has 2 fully saturated rings. The first-order chi connectivity index (χ1) is 11.5. The number of benzene rings is 2. The molecule has 4 rings (SSSR count). The maximum absolute atomic E-state index is 12.3. The summed E-state index contributed by atoms with van der Waals surface area (Å²) in [5.41, 5.74) is 3.04. The van der Waals surface area contributed by atoms with Gasteiger partial charge in [-0.25, -0.2) is 8.42 Å². The Bertz CT molecular complexity index is 896. The Balaban J connectivity index is 1.82. The van der Waals surface area contributed by atoms with Crippen molar-refractivity contribution < 1.29 is 8.42 Å². The van der Waals surface area contributed by atoms with Crippen molar-refractivity contribution in [2.75, 3.05) is 21.3 Å². The zero-order valence-electron chi connectivity index (χ0n) is 13.3. The highest BCUT2D eigenvalue weighted by atomic mass is 32.2. The van der Waals surface area contributed by atoms with E-state index in [-0.39, 0.29) is 23.6 Å². The molecule has 0 N–H and O–H groups in total. The van der Waals surface area contributed by atoms with Crippen molar-refractivity contribution in [2.45, 2.75) is 19.0 Å². The molecule has 2 heterocycles. The summed E-state index contributed by atoms with van der Waals surface area (Å²) in [4.78, 5) is 4.03. The van der Waals surface area contributed by atoms with Crippen LogP contribution in [0.25, 0.3) is 0 Å². The first kappa shape index (κ1) is 15.6. The van der Waals surface area contributed by atoms with Gasteiger partial charge in [0.25, 0.3) is 0 Å². The van der Waals surface area contributed by atoms with Crippen LogP contribution in [0, 0.1) is 6.92 Å². The highest BCUT2D eigenvalue weighted by Crippen LogP contribution is 2.38. The maximum Gasteiger partial charge on any atom is 0.181 e. The highest BCUT2D eigenvalue weighted by Gasteiger charge is 2.52. The molecule has 124 valence electrons. The summed E-state index contributed by atoms with van der Waals surface area (Å²) in [7, 11) is -3.06.